The summed E-state index contributed by atoms with van der Waals surface area (Å²) < 4.78 is 0. The van der Waals surface area contributed by atoms with Crippen LogP contribution in [0, 0.1) is 19.8 Å². The lowest BCUT2D eigenvalue weighted by Crippen LogP contribution is -2.33. The van der Waals surface area contributed by atoms with Crippen molar-refractivity contribution in [2.45, 2.75) is 33.1 Å². The summed E-state index contributed by atoms with van der Waals surface area (Å²) in [5.41, 5.74) is 4.33. The molecule has 1 aliphatic heterocycles. The minimum atomic E-state index is 0.716. The topological polar surface area (TPSA) is 12.0 Å². The Morgan fingerprint density at radius 1 is 1.13 bits per heavy atom. The van der Waals surface area contributed by atoms with Gasteiger partial charge in [0.05, 0.1) is 0 Å². The quantitative estimate of drug-likeness (QED) is 0.740. The van der Waals surface area contributed by atoms with Crippen molar-refractivity contribution < 1.29 is 0 Å². The number of benzene rings is 1. The average molecular weight is 203 g/mol. The number of hydrogen-bond acceptors (Lipinski definition) is 1. The zero-order valence-corrected chi connectivity index (χ0v) is 10.0. The van der Waals surface area contributed by atoms with Crippen molar-refractivity contribution in [2.75, 3.05) is 13.1 Å². The summed E-state index contributed by atoms with van der Waals surface area (Å²) in [6, 6.07) is 6.91. The Bertz CT molecular complexity index is 343. The standard InChI is InChI=1S/C14H21N/c1-10-6-14(9-15-8-10)13-5-4-11(2)12(3)7-13/h4-5,7,10,14-15H,6,8-9H2,1-3H3/t10-,14-/m1/s1. The lowest BCUT2D eigenvalue weighted by molar-refractivity contribution is 0.364. The Labute approximate surface area is 92.9 Å². The van der Waals surface area contributed by atoms with E-state index in [4.69, 9.17) is 0 Å². The molecule has 0 aliphatic carbocycles. The second-order valence-electron chi connectivity index (χ2n) is 5.04. The van der Waals surface area contributed by atoms with Gasteiger partial charge in [0, 0.05) is 6.54 Å². The number of rotatable bonds is 1. The van der Waals surface area contributed by atoms with Gasteiger partial charge >= 0.3 is 0 Å². The van der Waals surface area contributed by atoms with Gasteiger partial charge in [-0.2, -0.15) is 0 Å². The first-order chi connectivity index (χ1) is 7.16. The van der Waals surface area contributed by atoms with Crippen LogP contribution >= 0.6 is 0 Å². The molecule has 0 radical (unpaired) electrons. The van der Waals surface area contributed by atoms with Crippen LogP contribution < -0.4 is 5.32 Å². The van der Waals surface area contributed by atoms with Crippen molar-refractivity contribution >= 4 is 0 Å². The van der Waals surface area contributed by atoms with Gasteiger partial charge in [-0.05, 0) is 55.3 Å². The minimum Gasteiger partial charge on any atom is -0.316 e. The molecule has 15 heavy (non-hydrogen) atoms. The SMILES string of the molecule is Cc1ccc([C@H]2CNC[C@H](C)C2)cc1C. The Morgan fingerprint density at radius 3 is 2.60 bits per heavy atom. The first-order valence-corrected chi connectivity index (χ1v) is 5.94. The van der Waals surface area contributed by atoms with Gasteiger partial charge in [0.15, 0.2) is 0 Å². The summed E-state index contributed by atoms with van der Waals surface area (Å²) in [4.78, 5) is 0. The Morgan fingerprint density at radius 2 is 1.93 bits per heavy atom. The molecule has 1 aliphatic rings. The molecule has 0 spiro atoms. The largest absolute Gasteiger partial charge is 0.316 e. The van der Waals surface area contributed by atoms with Crippen LogP contribution in [0.1, 0.15) is 36.0 Å². The van der Waals surface area contributed by atoms with E-state index < -0.39 is 0 Å². The normalized spacial score (nSPS) is 26.6. The third-order valence-corrected chi connectivity index (χ3v) is 3.57. The molecule has 1 aromatic rings. The van der Waals surface area contributed by atoms with Crippen molar-refractivity contribution in [1.82, 2.24) is 5.32 Å². The highest BCUT2D eigenvalue weighted by molar-refractivity contribution is 5.32. The molecule has 2 rings (SSSR count). The fourth-order valence-electron chi connectivity index (χ4n) is 2.43. The van der Waals surface area contributed by atoms with Crippen molar-refractivity contribution in [1.29, 1.82) is 0 Å². The van der Waals surface area contributed by atoms with Crippen LogP contribution in [-0.4, -0.2) is 13.1 Å². The summed E-state index contributed by atoms with van der Waals surface area (Å²) in [6.07, 6.45) is 1.33. The average Bonchev–Trinajstić information content (AvgIpc) is 2.22. The van der Waals surface area contributed by atoms with Crippen molar-refractivity contribution in [3.05, 3.63) is 34.9 Å². The maximum Gasteiger partial charge on any atom is 0.00203 e. The summed E-state index contributed by atoms with van der Waals surface area (Å²) in [7, 11) is 0. The fraction of sp³-hybridized carbons (Fsp3) is 0.571. The van der Waals surface area contributed by atoms with E-state index >= 15 is 0 Å². The van der Waals surface area contributed by atoms with Gasteiger partial charge in [-0.1, -0.05) is 25.1 Å². The first-order valence-electron chi connectivity index (χ1n) is 5.94. The van der Waals surface area contributed by atoms with Gasteiger partial charge in [-0.3, -0.25) is 0 Å². The molecule has 1 N–H and O–H groups in total. The van der Waals surface area contributed by atoms with Gasteiger partial charge in [0.25, 0.3) is 0 Å². The Balaban J connectivity index is 2.18. The third-order valence-electron chi connectivity index (χ3n) is 3.57. The first kappa shape index (κ1) is 10.7. The lowest BCUT2D eigenvalue weighted by atomic mass is 9.85. The second-order valence-corrected chi connectivity index (χ2v) is 5.04. The smallest absolute Gasteiger partial charge is 0.00203 e. The highest BCUT2D eigenvalue weighted by atomic mass is 14.9. The minimum absolute atomic E-state index is 0.716. The molecule has 1 heteroatoms. The van der Waals surface area contributed by atoms with Gasteiger partial charge in [0.1, 0.15) is 0 Å². The molecule has 1 heterocycles. The predicted molar refractivity (Wildman–Crippen MR) is 65.3 cm³/mol. The van der Waals surface area contributed by atoms with Crippen LogP contribution in [0.2, 0.25) is 0 Å². The number of hydrogen-bond donors (Lipinski definition) is 1. The molecular weight excluding hydrogens is 182 g/mol. The van der Waals surface area contributed by atoms with Gasteiger partial charge in [-0.25, -0.2) is 0 Å². The molecule has 2 atom stereocenters. The Kier molecular flexibility index (Phi) is 3.11. The van der Waals surface area contributed by atoms with Crippen LogP contribution in [0.3, 0.4) is 0 Å². The monoisotopic (exact) mass is 203 g/mol. The van der Waals surface area contributed by atoms with Crippen molar-refractivity contribution in [2.24, 2.45) is 5.92 Å². The molecule has 0 unspecified atom stereocenters. The molecule has 1 fully saturated rings. The van der Waals surface area contributed by atoms with Crippen LogP contribution in [0.4, 0.5) is 0 Å². The number of nitrogens with one attached hydrogen (secondary N) is 1. The lowest BCUT2D eigenvalue weighted by Gasteiger charge is -2.28. The molecule has 0 aromatic heterocycles. The third kappa shape index (κ3) is 2.40. The predicted octanol–water partition coefficient (Wildman–Crippen LogP) is 3.02. The maximum absolute atomic E-state index is 3.52. The van der Waals surface area contributed by atoms with Crippen LogP contribution in [0.15, 0.2) is 18.2 Å². The van der Waals surface area contributed by atoms with E-state index in [2.05, 4.69) is 44.3 Å². The van der Waals surface area contributed by atoms with Crippen LogP contribution in [0.5, 0.6) is 0 Å². The van der Waals surface area contributed by atoms with E-state index in [-0.39, 0.29) is 0 Å². The molecule has 82 valence electrons. The molecular formula is C14H21N. The molecule has 0 bridgehead atoms. The Hall–Kier alpha value is -0.820. The summed E-state index contributed by atoms with van der Waals surface area (Å²) in [6.45, 7) is 9.05. The van der Waals surface area contributed by atoms with E-state index in [1.807, 2.05) is 0 Å². The van der Waals surface area contributed by atoms with Crippen molar-refractivity contribution in [3.8, 4) is 0 Å². The van der Waals surface area contributed by atoms with Crippen LogP contribution in [-0.2, 0) is 0 Å². The summed E-state index contributed by atoms with van der Waals surface area (Å²) in [5.74, 6) is 1.53. The molecule has 0 saturated carbocycles. The molecule has 1 aromatic carbocycles. The van der Waals surface area contributed by atoms with E-state index in [0.29, 0.717) is 5.92 Å². The summed E-state index contributed by atoms with van der Waals surface area (Å²) >= 11 is 0. The zero-order chi connectivity index (χ0) is 10.8. The maximum atomic E-state index is 3.52. The molecule has 1 saturated heterocycles. The van der Waals surface area contributed by atoms with E-state index in [1.54, 1.807) is 0 Å². The van der Waals surface area contributed by atoms with E-state index in [0.717, 1.165) is 12.5 Å². The van der Waals surface area contributed by atoms with Gasteiger partial charge in [0.2, 0.25) is 0 Å². The highest BCUT2D eigenvalue weighted by Gasteiger charge is 2.19. The second kappa shape index (κ2) is 4.36. The highest BCUT2D eigenvalue weighted by Crippen LogP contribution is 2.27. The molecule has 1 nitrogen and oxygen atoms in total. The fourth-order valence-corrected chi connectivity index (χ4v) is 2.43. The number of aryl methyl sites for hydroxylation is 2. The van der Waals surface area contributed by atoms with E-state index in [9.17, 15) is 0 Å². The van der Waals surface area contributed by atoms with E-state index in [1.165, 1.54) is 29.7 Å². The van der Waals surface area contributed by atoms with Gasteiger partial charge < -0.3 is 5.32 Å². The van der Waals surface area contributed by atoms with Gasteiger partial charge in [-0.15, -0.1) is 0 Å². The summed E-state index contributed by atoms with van der Waals surface area (Å²) in [5, 5.41) is 3.52. The molecule has 0 amide bonds. The van der Waals surface area contributed by atoms with Crippen LogP contribution in [0.25, 0.3) is 0 Å². The number of piperidine rings is 1. The zero-order valence-electron chi connectivity index (χ0n) is 10.0. The van der Waals surface area contributed by atoms with Crippen molar-refractivity contribution in [3.63, 3.8) is 0 Å².